The molecule has 0 aromatic heterocycles. The van der Waals surface area contributed by atoms with Crippen molar-refractivity contribution in [2.24, 2.45) is 56.2 Å². The van der Waals surface area contributed by atoms with Crippen molar-refractivity contribution in [1.29, 1.82) is 0 Å². The Kier molecular flexibility index (Phi) is 16.1. The van der Waals surface area contributed by atoms with Gasteiger partial charge in [-0.2, -0.15) is 0 Å². The minimum atomic E-state index is -1.97. The number of hydrogen-bond donors (Lipinski definition) is 8. The Bertz CT molecular complexity index is 2110. The van der Waals surface area contributed by atoms with Gasteiger partial charge in [-0.15, -0.1) is 0 Å². The van der Waals surface area contributed by atoms with E-state index in [4.69, 9.17) is 33.2 Å². The maximum Gasteiger partial charge on any atom is 0.335 e. The fraction of sp³-hybridized carbons (Fsp3) is 0.849. The number of carboxylic acid groups (broad SMARTS) is 1. The van der Waals surface area contributed by atoms with E-state index in [1.807, 2.05) is 27.7 Å². The van der Waals surface area contributed by atoms with Gasteiger partial charge in [-0.05, 0) is 99.2 Å². The van der Waals surface area contributed by atoms with Gasteiger partial charge in [0.1, 0.15) is 48.8 Å². The molecule has 72 heavy (non-hydrogen) atoms. The first-order valence-electron chi connectivity index (χ1n) is 25.9. The lowest BCUT2D eigenvalue weighted by atomic mass is 9.33. The van der Waals surface area contributed by atoms with Crippen molar-refractivity contribution < 1.29 is 93.2 Å². The van der Waals surface area contributed by atoms with E-state index in [1.165, 1.54) is 6.92 Å². The van der Waals surface area contributed by atoms with E-state index < -0.39 is 161 Å². The minimum Gasteiger partial charge on any atom is -0.479 e. The van der Waals surface area contributed by atoms with Crippen LogP contribution in [0.25, 0.3) is 0 Å². The predicted octanol–water partition coefficient (Wildman–Crippen LogP) is 3.09. The van der Waals surface area contributed by atoms with Crippen LogP contribution in [0.3, 0.4) is 0 Å². The Labute approximate surface area is 422 Å². The summed E-state index contributed by atoms with van der Waals surface area (Å²) in [4.78, 5) is 53.5. The van der Waals surface area contributed by atoms with E-state index in [0.717, 1.165) is 5.57 Å². The largest absolute Gasteiger partial charge is 0.479 e. The van der Waals surface area contributed by atoms with Crippen LogP contribution >= 0.6 is 0 Å². The average molecular weight is 1020 g/mol. The highest BCUT2D eigenvalue weighted by Gasteiger charge is 2.75. The van der Waals surface area contributed by atoms with Gasteiger partial charge in [-0.1, -0.05) is 73.1 Å². The molecule has 7 aliphatic rings. The van der Waals surface area contributed by atoms with Crippen molar-refractivity contribution in [2.45, 2.75) is 207 Å². The number of esters is 3. The Balaban J connectivity index is 1.24. The lowest BCUT2D eigenvalue weighted by Gasteiger charge is -2.72. The Hall–Kier alpha value is -3.08. The molecule has 408 valence electrons. The second-order valence-corrected chi connectivity index (χ2v) is 24.0. The minimum absolute atomic E-state index is 0.0197. The first-order chi connectivity index (χ1) is 33.6. The van der Waals surface area contributed by atoms with Crippen molar-refractivity contribution in [3.63, 3.8) is 0 Å². The summed E-state index contributed by atoms with van der Waals surface area (Å²) < 4.78 is 42.7. The topological polar surface area (TPSA) is 295 Å². The number of allylic oxidation sites excluding steroid dienone is 3. The maximum absolute atomic E-state index is 14.0. The second-order valence-electron chi connectivity index (χ2n) is 24.0. The zero-order valence-corrected chi connectivity index (χ0v) is 43.8. The molecule has 22 atom stereocenters. The Morgan fingerprint density at radius 2 is 1.49 bits per heavy atom. The molecular formula is C53H82O19. The monoisotopic (exact) mass is 1020 g/mol. The number of hydrogen-bond acceptors (Lipinski definition) is 18. The third-order valence-electron chi connectivity index (χ3n) is 19.8. The van der Waals surface area contributed by atoms with Crippen LogP contribution in [0.2, 0.25) is 0 Å². The average Bonchev–Trinajstić information content (AvgIpc) is 3.32. The SMILES string of the molecule is C/C=C(/C)C(=O)O[C@H]1[C@H](OC(=O)C(C)CC)[C@]2(CO)[C@H](OC(C)=O)C[C@]3(C)C(=CC[C@@H]4[C@@]5(C)CC[C@H](O[C@@H]6O[C@H](C(=O)O)[C@@H](O)[C@H](O[C@@H]7OC[C@H](O)[C@H](O)[C@H]7O)[C@H]6O)[C@@](C)(CO)[C@@H]5CC[C@]43C)[C@@H]2CC1(C)C. The van der Waals surface area contributed by atoms with Crippen molar-refractivity contribution in [3.05, 3.63) is 23.3 Å². The van der Waals surface area contributed by atoms with E-state index in [-0.39, 0.29) is 24.9 Å². The summed E-state index contributed by atoms with van der Waals surface area (Å²) >= 11 is 0. The van der Waals surface area contributed by atoms with Gasteiger partial charge in [0.05, 0.1) is 37.3 Å². The number of aliphatic hydroxyl groups excluding tert-OH is 7. The molecule has 0 amide bonds. The molecule has 7 rings (SSSR count). The van der Waals surface area contributed by atoms with Crippen LogP contribution in [-0.2, 0) is 52.3 Å². The third-order valence-corrected chi connectivity index (χ3v) is 19.8. The van der Waals surface area contributed by atoms with E-state index >= 15 is 0 Å². The molecule has 0 spiro atoms. The predicted molar refractivity (Wildman–Crippen MR) is 254 cm³/mol. The molecule has 8 N–H and O–H groups in total. The highest BCUT2D eigenvalue weighted by molar-refractivity contribution is 5.88. The Morgan fingerprint density at radius 1 is 0.806 bits per heavy atom. The summed E-state index contributed by atoms with van der Waals surface area (Å²) in [5.41, 5.74) is -3.36. The van der Waals surface area contributed by atoms with Gasteiger partial charge in [-0.3, -0.25) is 9.59 Å². The van der Waals surface area contributed by atoms with E-state index in [0.29, 0.717) is 50.5 Å². The van der Waals surface area contributed by atoms with E-state index in [1.54, 1.807) is 26.8 Å². The zero-order valence-electron chi connectivity index (χ0n) is 43.8. The van der Waals surface area contributed by atoms with Gasteiger partial charge in [0.2, 0.25) is 0 Å². The maximum atomic E-state index is 14.0. The van der Waals surface area contributed by atoms with Crippen molar-refractivity contribution in [2.75, 3.05) is 19.8 Å². The number of rotatable bonds is 13. The van der Waals surface area contributed by atoms with Crippen LogP contribution in [0.5, 0.6) is 0 Å². The van der Waals surface area contributed by atoms with Crippen molar-refractivity contribution in [1.82, 2.24) is 0 Å². The van der Waals surface area contributed by atoms with Gasteiger partial charge in [0.15, 0.2) is 24.8 Å². The molecule has 2 aliphatic heterocycles. The molecule has 0 aromatic carbocycles. The fourth-order valence-corrected chi connectivity index (χ4v) is 15.0. The Morgan fingerprint density at radius 3 is 2.08 bits per heavy atom. The number of fused-ring (bicyclic) bond motifs is 7. The fourth-order valence-electron chi connectivity index (χ4n) is 15.0. The van der Waals surface area contributed by atoms with Crippen LogP contribution < -0.4 is 0 Å². The third kappa shape index (κ3) is 8.98. The molecule has 4 saturated carbocycles. The van der Waals surface area contributed by atoms with Gasteiger partial charge in [-0.25, -0.2) is 9.59 Å². The highest BCUT2D eigenvalue weighted by Crippen LogP contribution is 2.76. The summed E-state index contributed by atoms with van der Waals surface area (Å²) in [6, 6.07) is 0. The van der Waals surface area contributed by atoms with Gasteiger partial charge < -0.3 is 74.0 Å². The van der Waals surface area contributed by atoms with Gasteiger partial charge in [0, 0.05) is 23.3 Å². The number of aliphatic carboxylic acids is 1. The van der Waals surface area contributed by atoms with E-state index in [2.05, 4.69) is 26.8 Å². The summed E-state index contributed by atoms with van der Waals surface area (Å²) in [6.45, 7) is 19.6. The number of carboxylic acids is 1. The lowest BCUT2D eigenvalue weighted by Crippen LogP contribution is -2.73. The standard InChI is InChI=1S/C53H82O19/c1-12-25(3)44(64)71-41-42(72-45(65)26(4)13-2)53(24-55)29(20-48(41,6)7)28-14-15-32-49(8)18-17-33(50(9,23-54)31(49)16-19-51(32,10)52(28,11)21-34(53)67-27(5)56)68-47-38(61)39(37(60)40(70-47)43(62)63)69-46-36(59)35(58)30(57)22-66-46/h12,14,26,29-42,46-47,54-55,57-61H,13,15-24H2,1-11H3,(H,62,63)/b25-12-/t26?,29-,30-,31+,32+,33-,34+,35-,36+,37-,38+,39-,40-,41-,42-,46-,47+,49-,50-,51+,52+,53-/m0/s1. The molecule has 1 unspecified atom stereocenters. The number of ether oxygens (including phenoxy) is 7. The molecule has 0 bridgehead atoms. The zero-order chi connectivity index (χ0) is 53.4. The van der Waals surface area contributed by atoms with Crippen LogP contribution in [0.1, 0.15) is 128 Å². The highest BCUT2D eigenvalue weighted by atomic mass is 16.7. The summed E-state index contributed by atoms with van der Waals surface area (Å²) in [5, 5.41) is 87.3. The first kappa shape index (κ1) is 56.6. The summed E-state index contributed by atoms with van der Waals surface area (Å²) in [7, 11) is 0. The number of carbonyl (C=O) groups is 4. The smallest absolute Gasteiger partial charge is 0.335 e. The summed E-state index contributed by atoms with van der Waals surface area (Å²) in [5.74, 6) is -4.47. The lowest BCUT2D eigenvalue weighted by molar-refractivity contribution is -0.358. The van der Waals surface area contributed by atoms with Crippen LogP contribution in [0.15, 0.2) is 23.3 Å². The molecule has 2 saturated heterocycles. The summed E-state index contributed by atoms with van der Waals surface area (Å²) in [6.07, 6.45) is -12.0. The quantitative estimate of drug-likeness (QED) is 0.0432. The molecule has 0 aromatic rings. The van der Waals surface area contributed by atoms with Gasteiger partial charge in [0.25, 0.3) is 0 Å². The van der Waals surface area contributed by atoms with E-state index in [9.17, 15) is 60.0 Å². The van der Waals surface area contributed by atoms with Crippen molar-refractivity contribution >= 4 is 23.9 Å². The first-order valence-corrected chi connectivity index (χ1v) is 25.9. The number of carbonyl (C=O) groups excluding carboxylic acids is 3. The van der Waals surface area contributed by atoms with Gasteiger partial charge >= 0.3 is 23.9 Å². The molecule has 0 radical (unpaired) electrons. The molecule has 6 fully saturated rings. The molecule has 2 heterocycles. The molecule has 19 heteroatoms. The van der Waals surface area contributed by atoms with Crippen LogP contribution in [-0.4, -0.2) is 164 Å². The second kappa shape index (κ2) is 20.5. The number of aliphatic hydroxyl groups is 7. The van der Waals surface area contributed by atoms with Crippen LogP contribution in [0.4, 0.5) is 0 Å². The normalized spacial score (nSPS) is 47.2. The molecular weight excluding hydrogens is 941 g/mol. The van der Waals surface area contributed by atoms with Crippen molar-refractivity contribution in [3.8, 4) is 0 Å². The van der Waals surface area contributed by atoms with Crippen LogP contribution in [0, 0.1) is 56.2 Å². The molecule has 19 nitrogen and oxygen atoms in total. The molecule has 5 aliphatic carbocycles.